The topological polar surface area (TPSA) is 0 Å². The van der Waals surface area contributed by atoms with E-state index in [0.29, 0.717) is 11.1 Å². The van der Waals surface area contributed by atoms with Crippen molar-refractivity contribution < 1.29 is 17.6 Å². The Morgan fingerprint density at radius 2 is 1.46 bits per heavy atom. The van der Waals surface area contributed by atoms with E-state index in [4.69, 9.17) is 0 Å². The number of rotatable bonds is 0. The van der Waals surface area contributed by atoms with Crippen LogP contribution in [0.1, 0.15) is 16.7 Å². The molecule has 13 heavy (non-hydrogen) atoms. The minimum Gasteiger partial charge on any atom is -0.206 e. The van der Waals surface area contributed by atoms with E-state index < -0.39 is 17.6 Å². The molecule has 4 heteroatoms. The maximum atomic E-state index is 12.8. The van der Waals surface area contributed by atoms with Gasteiger partial charge in [-0.25, -0.2) is 4.39 Å². The van der Waals surface area contributed by atoms with Crippen LogP contribution in [0.15, 0.2) is 12.1 Å². The smallest absolute Gasteiger partial charge is 0.206 e. The highest BCUT2D eigenvalue weighted by Gasteiger charge is 2.34. The van der Waals surface area contributed by atoms with E-state index >= 15 is 0 Å². The van der Waals surface area contributed by atoms with Crippen molar-refractivity contribution in [3.8, 4) is 0 Å². The largest absolute Gasteiger partial charge is 0.419 e. The molecular formula is C9H8F4. The van der Waals surface area contributed by atoms with Gasteiger partial charge in [-0.15, -0.1) is 0 Å². The minimum atomic E-state index is -4.61. The molecular weight excluding hydrogens is 184 g/mol. The first-order valence-corrected chi connectivity index (χ1v) is 3.66. The van der Waals surface area contributed by atoms with Crippen LogP contribution in [0.2, 0.25) is 0 Å². The third kappa shape index (κ3) is 1.99. The monoisotopic (exact) mass is 192 g/mol. The van der Waals surface area contributed by atoms with Crippen LogP contribution < -0.4 is 0 Å². The summed E-state index contributed by atoms with van der Waals surface area (Å²) >= 11 is 0. The fraction of sp³-hybridized carbons (Fsp3) is 0.333. The van der Waals surface area contributed by atoms with E-state index in [1.165, 1.54) is 6.92 Å². The molecule has 0 spiro atoms. The Morgan fingerprint density at radius 1 is 1.00 bits per heavy atom. The first kappa shape index (κ1) is 10.0. The molecule has 0 amide bonds. The second kappa shape index (κ2) is 3.01. The number of hydrogen-bond acceptors (Lipinski definition) is 0. The van der Waals surface area contributed by atoms with Crippen molar-refractivity contribution in [2.75, 3.05) is 0 Å². The summed E-state index contributed by atoms with van der Waals surface area (Å²) in [6, 6.07) is 1.73. The summed E-state index contributed by atoms with van der Waals surface area (Å²) in [5.74, 6) is -1.21. The van der Waals surface area contributed by atoms with Crippen molar-refractivity contribution in [3.05, 3.63) is 34.6 Å². The summed E-state index contributed by atoms with van der Waals surface area (Å²) < 4.78 is 49.2. The summed E-state index contributed by atoms with van der Waals surface area (Å²) in [5, 5.41) is 0. The number of halogens is 4. The molecule has 1 aromatic carbocycles. The van der Waals surface area contributed by atoms with Crippen LogP contribution in [-0.4, -0.2) is 0 Å². The van der Waals surface area contributed by atoms with Crippen LogP contribution in [-0.2, 0) is 6.18 Å². The number of hydrogen-bond donors (Lipinski definition) is 0. The molecule has 0 atom stereocenters. The van der Waals surface area contributed by atoms with Gasteiger partial charge in [-0.1, -0.05) is 0 Å². The van der Waals surface area contributed by atoms with Crippen LogP contribution in [0.4, 0.5) is 17.6 Å². The van der Waals surface area contributed by atoms with Crippen molar-refractivity contribution in [1.82, 2.24) is 0 Å². The van der Waals surface area contributed by atoms with Gasteiger partial charge in [0.2, 0.25) is 0 Å². The lowest BCUT2D eigenvalue weighted by Gasteiger charge is -2.10. The Hall–Kier alpha value is -1.06. The third-order valence-corrected chi connectivity index (χ3v) is 1.89. The zero-order valence-corrected chi connectivity index (χ0v) is 7.17. The van der Waals surface area contributed by atoms with Crippen LogP contribution in [0, 0.1) is 19.7 Å². The second-order valence-electron chi connectivity index (χ2n) is 2.91. The predicted octanol–water partition coefficient (Wildman–Crippen LogP) is 3.46. The van der Waals surface area contributed by atoms with Gasteiger partial charge >= 0.3 is 6.18 Å². The number of alkyl halides is 3. The molecule has 0 fully saturated rings. The van der Waals surface area contributed by atoms with Gasteiger partial charge in [0.1, 0.15) is 5.82 Å². The van der Waals surface area contributed by atoms with Gasteiger partial charge in [-0.05, 0) is 37.1 Å². The lowest BCUT2D eigenvalue weighted by Crippen LogP contribution is -2.08. The van der Waals surface area contributed by atoms with E-state index in [2.05, 4.69) is 0 Å². The van der Waals surface area contributed by atoms with Crippen molar-refractivity contribution in [3.63, 3.8) is 0 Å². The van der Waals surface area contributed by atoms with Gasteiger partial charge in [0.15, 0.2) is 0 Å². The van der Waals surface area contributed by atoms with Gasteiger partial charge in [0.25, 0.3) is 0 Å². The number of benzene rings is 1. The molecule has 0 unspecified atom stereocenters. The molecule has 0 aliphatic rings. The molecule has 0 saturated heterocycles. The third-order valence-electron chi connectivity index (χ3n) is 1.89. The summed E-state index contributed by atoms with van der Waals surface area (Å²) in [7, 11) is 0. The first-order valence-electron chi connectivity index (χ1n) is 3.66. The fourth-order valence-corrected chi connectivity index (χ4v) is 0.998. The van der Waals surface area contributed by atoms with Gasteiger partial charge in [-0.3, -0.25) is 0 Å². The quantitative estimate of drug-likeness (QED) is 0.552. The molecule has 1 aromatic rings. The van der Waals surface area contributed by atoms with Gasteiger partial charge in [0.05, 0.1) is 5.56 Å². The molecule has 72 valence electrons. The van der Waals surface area contributed by atoms with Gasteiger partial charge in [-0.2, -0.15) is 13.2 Å². The molecule has 0 radical (unpaired) electrons. The maximum Gasteiger partial charge on any atom is 0.419 e. The van der Waals surface area contributed by atoms with E-state index in [1.807, 2.05) is 0 Å². The average Bonchev–Trinajstić information content (AvgIpc) is 1.94. The fourth-order valence-electron chi connectivity index (χ4n) is 0.998. The SMILES string of the molecule is Cc1cc(F)c(C(F)(F)F)cc1C. The lowest BCUT2D eigenvalue weighted by atomic mass is 10.1. The molecule has 0 aliphatic heterocycles. The molecule has 0 bridgehead atoms. The summed E-state index contributed by atoms with van der Waals surface area (Å²) in [6.45, 7) is 3.09. The molecule has 0 N–H and O–H groups in total. The van der Waals surface area contributed by atoms with Gasteiger partial charge in [0, 0.05) is 0 Å². The standard InChI is InChI=1S/C9H8F4/c1-5-3-7(9(11,12)13)8(10)4-6(5)2/h3-4H,1-2H3. The normalized spacial score (nSPS) is 11.8. The summed E-state index contributed by atoms with van der Waals surface area (Å²) in [5.41, 5.74) is -0.241. The zero-order valence-electron chi connectivity index (χ0n) is 7.17. The highest BCUT2D eigenvalue weighted by Crippen LogP contribution is 2.32. The summed E-state index contributed by atoms with van der Waals surface area (Å²) in [4.78, 5) is 0. The van der Waals surface area contributed by atoms with Crippen molar-refractivity contribution in [2.24, 2.45) is 0 Å². The van der Waals surface area contributed by atoms with Crippen molar-refractivity contribution in [1.29, 1.82) is 0 Å². The molecule has 0 aliphatic carbocycles. The molecule has 0 nitrogen and oxygen atoms in total. The molecule has 0 heterocycles. The Bertz CT molecular complexity index is 325. The predicted molar refractivity (Wildman–Crippen MR) is 40.9 cm³/mol. The van der Waals surface area contributed by atoms with Crippen LogP contribution >= 0.6 is 0 Å². The second-order valence-corrected chi connectivity index (χ2v) is 2.91. The average molecular weight is 192 g/mol. The van der Waals surface area contributed by atoms with E-state index in [0.717, 1.165) is 12.1 Å². The van der Waals surface area contributed by atoms with Crippen LogP contribution in [0.25, 0.3) is 0 Å². The molecule has 1 rings (SSSR count). The highest BCUT2D eigenvalue weighted by molar-refractivity contribution is 5.32. The van der Waals surface area contributed by atoms with Crippen LogP contribution in [0.5, 0.6) is 0 Å². The van der Waals surface area contributed by atoms with Gasteiger partial charge < -0.3 is 0 Å². The maximum absolute atomic E-state index is 12.8. The van der Waals surface area contributed by atoms with E-state index in [-0.39, 0.29) is 0 Å². The highest BCUT2D eigenvalue weighted by atomic mass is 19.4. The summed E-state index contributed by atoms with van der Waals surface area (Å²) in [6.07, 6.45) is -4.61. The van der Waals surface area contributed by atoms with Crippen molar-refractivity contribution >= 4 is 0 Å². The number of aryl methyl sites for hydroxylation is 2. The minimum absolute atomic E-state index is 0.439. The van der Waals surface area contributed by atoms with Crippen molar-refractivity contribution in [2.45, 2.75) is 20.0 Å². The molecule has 0 aromatic heterocycles. The van der Waals surface area contributed by atoms with E-state index in [9.17, 15) is 17.6 Å². The van der Waals surface area contributed by atoms with E-state index in [1.54, 1.807) is 6.92 Å². The zero-order chi connectivity index (χ0) is 10.2. The van der Waals surface area contributed by atoms with Crippen LogP contribution in [0.3, 0.4) is 0 Å². The Morgan fingerprint density at radius 3 is 1.92 bits per heavy atom. The lowest BCUT2D eigenvalue weighted by molar-refractivity contribution is -0.140. The Kier molecular flexibility index (Phi) is 2.32. The molecule has 0 saturated carbocycles. The Labute approximate surface area is 73.2 Å². The Balaban J connectivity index is 3.32. The first-order chi connectivity index (χ1) is 5.82.